The van der Waals surface area contributed by atoms with Crippen molar-refractivity contribution in [3.63, 3.8) is 0 Å². The molecule has 76 heavy (non-hydrogen) atoms. The van der Waals surface area contributed by atoms with E-state index in [1.807, 2.05) is 0 Å². The summed E-state index contributed by atoms with van der Waals surface area (Å²) in [5, 5.41) is 25.7. The van der Waals surface area contributed by atoms with Gasteiger partial charge in [-0.2, -0.15) is 0 Å². The molecule has 0 saturated heterocycles. The molecule has 1 aliphatic carbocycles. The van der Waals surface area contributed by atoms with E-state index in [9.17, 15) is 0 Å². The molecule has 0 N–H and O–H groups in total. The first kappa shape index (κ1) is 42.8. The summed E-state index contributed by atoms with van der Waals surface area (Å²) in [6.45, 7) is 0. The van der Waals surface area contributed by atoms with Crippen molar-refractivity contribution in [1.29, 1.82) is 0 Å². The molecule has 15 aromatic carbocycles. The third-order valence-corrected chi connectivity index (χ3v) is 16.9. The minimum absolute atomic E-state index is 0.320. The highest BCUT2D eigenvalue weighted by molar-refractivity contribution is 6.34. The first-order valence-corrected chi connectivity index (χ1v) is 26.8. The Hall–Kier alpha value is -9.62. The molecule has 0 fully saturated rings. The fraction of sp³-hybridized carbons (Fsp3) is 0.0263. The number of fused-ring (bicyclic) bond motifs is 18. The molecule has 0 saturated carbocycles. The lowest BCUT2D eigenvalue weighted by atomic mass is 9.82. The van der Waals surface area contributed by atoms with Crippen LogP contribution >= 0.6 is 0 Å². The van der Waals surface area contributed by atoms with Gasteiger partial charge in [-0.25, -0.2) is 0 Å². The Kier molecular flexibility index (Phi) is 9.56. The smallest absolute Gasteiger partial charge is 0.00559 e. The van der Waals surface area contributed by atoms with Gasteiger partial charge in [0.15, 0.2) is 0 Å². The molecule has 0 heteroatoms. The maximum atomic E-state index is 2.50. The van der Waals surface area contributed by atoms with Gasteiger partial charge in [0.05, 0.1) is 0 Å². The Morgan fingerprint density at radius 1 is 0.237 bits per heavy atom. The van der Waals surface area contributed by atoms with E-state index in [0.29, 0.717) is 5.92 Å². The van der Waals surface area contributed by atoms with Crippen LogP contribution in [0, 0.1) is 0 Å². The summed E-state index contributed by atoms with van der Waals surface area (Å²) in [6.07, 6.45) is 10.0. The van der Waals surface area contributed by atoms with Crippen LogP contribution in [0.3, 0.4) is 0 Å². The van der Waals surface area contributed by atoms with Crippen molar-refractivity contribution in [1.82, 2.24) is 0 Å². The van der Waals surface area contributed by atoms with Crippen LogP contribution in [0.15, 0.2) is 273 Å². The van der Waals surface area contributed by atoms with Gasteiger partial charge in [0, 0.05) is 5.92 Å². The minimum atomic E-state index is 0.320. The van der Waals surface area contributed by atoms with E-state index in [0.717, 1.165) is 6.42 Å². The van der Waals surface area contributed by atoms with E-state index in [2.05, 4.69) is 273 Å². The summed E-state index contributed by atoms with van der Waals surface area (Å²) in [5.41, 5.74) is 11.2. The summed E-state index contributed by atoms with van der Waals surface area (Å²) in [4.78, 5) is 0. The van der Waals surface area contributed by atoms with E-state index >= 15 is 0 Å². The summed E-state index contributed by atoms with van der Waals surface area (Å²) < 4.78 is 0. The molecule has 1 aliphatic rings. The van der Waals surface area contributed by atoms with Gasteiger partial charge in [0.25, 0.3) is 0 Å². The third kappa shape index (κ3) is 6.44. The van der Waals surface area contributed by atoms with E-state index < -0.39 is 0 Å². The van der Waals surface area contributed by atoms with Gasteiger partial charge in [-0.3, -0.25) is 0 Å². The van der Waals surface area contributed by atoms with Crippen LogP contribution in [0.1, 0.15) is 17.9 Å². The van der Waals surface area contributed by atoms with Crippen molar-refractivity contribution in [3.05, 3.63) is 279 Å². The molecule has 0 amide bonds. The highest BCUT2D eigenvalue weighted by Gasteiger charge is 2.22. The molecule has 0 bridgehead atoms. The Morgan fingerprint density at radius 3 is 0.987 bits per heavy atom. The van der Waals surface area contributed by atoms with Crippen LogP contribution in [-0.2, 0) is 0 Å². The third-order valence-electron chi connectivity index (χ3n) is 16.9. The van der Waals surface area contributed by atoms with E-state index in [-0.39, 0.29) is 0 Å². The van der Waals surface area contributed by atoms with Crippen LogP contribution < -0.4 is 0 Å². The highest BCUT2D eigenvalue weighted by atomic mass is 14.2. The maximum Gasteiger partial charge on any atom is 0.00559 e. The number of hydrogen-bond acceptors (Lipinski definition) is 0. The average molecular weight is 961 g/mol. The molecule has 0 heterocycles. The molecular weight excluding hydrogens is 913 g/mol. The standard InChI is InChI=1S/C76H48/c1-2-18-47(19-3-1)52-42-43-67-70(44-52)74(51-40-36-49(37-41-51)69-46-72-58-25-7-5-21-54(58)56-23-9-13-29-62(56)76(72)64-31-15-11-27-60(64)69)66-33-17-16-32-65(66)73(67)50-38-34-48(35-39-50)68-45-71-57-24-6-4-20-53(57)55-22-8-12-28-61(55)75(71)63-30-14-10-26-59(63)68/h1-18,20-47H,19H2. The van der Waals surface area contributed by atoms with Gasteiger partial charge >= 0.3 is 0 Å². The summed E-state index contributed by atoms with van der Waals surface area (Å²) in [5.74, 6) is 0.320. The van der Waals surface area contributed by atoms with E-state index in [1.54, 1.807) is 0 Å². The molecule has 1 atom stereocenters. The maximum absolute atomic E-state index is 2.50. The van der Waals surface area contributed by atoms with Crippen LogP contribution in [0.2, 0.25) is 0 Å². The molecule has 0 aliphatic heterocycles. The van der Waals surface area contributed by atoms with Gasteiger partial charge in [-0.15, -0.1) is 0 Å². The van der Waals surface area contributed by atoms with Gasteiger partial charge in [-0.1, -0.05) is 255 Å². The van der Waals surface area contributed by atoms with Crippen LogP contribution in [-0.4, -0.2) is 0 Å². The fourth-order valence-electron chi connectivity index (χ4n) is 13.5. The Balaban J connectivity index is 0.877. The molecule has 1 unspecified atom stereocenters. The number of hydrogen-bond donors (Lipinski definition) is 0. The average Bonchev–Trinajstić information content (AvgIpc) is 3.60. The van der Waals surface area contributed by atoms with E-state index in [4.69, 9.17) is 0 Å². The predicted octanol–water partition coefficient (Wildman–Crippen LogP) is 21.5. The second-order valence-corrected chi connectivity index (χ2v) is 20.9. The Morgan fingerprint density at radius 2 is 0.566 bits per heavy atom. The summed E-state index contributed by atoms with van der Waals surface area (Å²) in [6, 6.07) is 93.8. The second kappa shape index (κ2) is 17.0. The highest BCUT2D eigenvalue weighted by Crippen LogP contribution is 2.48. The summed E-state index contributed by atoms with van der Waals surface area (Å²) >= 11 is 0. The molecule has 0 nitrogen and oxygen atoms in total. The quantitative estimate of drug-likeness (QED) is 0.119. The first-order chi connectivity index (χ1) is 37.7. The fourth-order valence-corrected chi connectivity index (χ4v) is 13.5. The molecular formula is C76H48. The lowest BCUT2D eigenvalue weighted by Crippen LogP contribution is -1.98. The zero-order chi connectivity index (χ0) is 49.8. The van der Waals surface area contributed by atoms with Crippen molar-refractivity contribution >= 4 is 108 Å². The zero-order valence-corrected chi connectivity index (χ0v) is 41.8. The Bertz CT molecular complexity index is 4990. The van der Waals surface area contributed by atoms with Gasteiger partial charge in [0.1, 0.15) is 0 Å². The largest absolute Gasteiger partial charge is 0.0836 e. The predicted molar refractivity (Wildman–Crippen MR) is 329 cm³/mol. The monoisotopic (exact) mass is 960 g/mol. The number of rotatable bonds is 5. The molecule has 0 spiro atoms. The zero-order valence-electron chi connectivity index (χ0n) is 41.8. The molecule has 15 aromatic rings. The van der Waals surface area contributed by atoms with Gasteiger partial charge in [0.2, 0.25) is 0 Å². The molecule has 0 radical (unpaired) electrons. The van der Waals surface area contributed by atoms with Gasteiger partial charge < -0.3 is 0 Å². The Labute approximate surface area is 440 Å². The van der Waals surface area contributed by atoms with Gasteiger partial charge in [-0.05, 0) is 182 Å². The molecule has 16 rings (SSSR count). The summed E-state index contributed by atoms with van der Waals surface area (Å²) in [7, 11) is 0. The first-order valence-electron chi connectivity index (χ1n) is 26.8. The van der Waals surface area contributed by atoms with Crippen molar-refractivity contribution in [3.8, 4) is 44.5 Å². The normalized spacial score (nSPS) is 13.8. The van der Waals surface area contributed by atoms with Crippen molar-refractivity contribution in [2.24, 2.45) is 0 Å². The lowest BCUT2D eigenvalue weighted by molar-refractivity contribution is 0.855. The van der Waals surface area contributed by atoms with Crippen LogP contribution in [0.25, 0.3) is 152 Å². The second-order valence-electron chi connectivity index (χ2n) is 20.9. The topological polar surface area (TPSA) is 0 Å². The molecule has 352 valence electrons. The lowest BCUT2D eigenvalue weighted by Gasteiger charge is -2.21. The van der Waals surface area contributed by atoms with Crippen molar-refractivity contribution in [2.75, 3.05) is 0 Å². The SMILES string of the molecule is C1=CCC(c2ccc3c(-c4ccc(-c5cc6c7ccccc7c7ccccc7c6c6ccccc56)cc4)c4ccccc4c(-c4ccc(-c5cc6c7ccccc7c7ccccc7c6c6ccccc56)cc4)c3c2)C=C1. The van der Waals surface area contributed by atoms with E-state index in [1.165, 1.54) is 158 Å². The van der Waals surface area contributed by atoms with Crippen molar-refractivity contribution < 1.29 is 0 Å². The van der Waals surface area contributed by atoms with Crippen LogP contribution in [0.4, 0.5) is 0 Å². The van der Waals surface area contributed by atoms with Crippen molar-refractivity contribution in [2.45, 2.75) is 12.3 Å². The molecule has 0 aromatic heterocycles. The number of allylic oxidation sites excluding steroid dienone is 4. The number of benzene rings is 15. The van der Waals surface area contributed by atoms with Crippen LogP contribution in [0.5, 0.6) is 0 Å². The minimum Gasteiger partial charge on any atom is -0.0836 e.